The Labute approximate surface area is 280 Å². The zero-order chi connectivity index (χ0) is 33.1. The minimum atomic E-state index is -1.50. The molecule has 0 fully saturated rings. The maximum absolute atomic E-state index is 14.4. The summed E-state index contributed by atoms with van der Waals surface area (Å²) in [5, 5.41) is 12.8. The van der Waals surface area contributed by atoms with E-state index in [0.717, 1.165) is 21.2 Å². The minimum Gasteiger partial charge on any atom is -0.494 e. The number of halogens is 2. The van der Waals surface area contributed by atoms with Crippen LogP contribution in [0.3, 0.4) is 0 Å². The largest absolute Gasteiger partial charge is 0.494 e. The van der Waals surface area contributed by atoms with E-state index in [-0.39, 0.29) is 37.8 Å². The van der Waals surface area contributed by atoms with Crippen LogP contribution in [0, 0.1) is 5.82 Å². The Kier molecular flexibility index (Phi) is 11.6. The molecule has 1 heterocycles. The molecule has 0 spiro atoms. The molecule has 0 aromatic heterocycles. The SMILES string of the molecule is [N-]=[N+]=NCc1ccccc1C[C@]1(C(=O)NNCCc2ccccc2F)N=C(c2ccc(OCCCO)cc2)O[C@H]1c1ccc(Br)cc1. The van der Waals surface area contributed by atoms with Crippen LogP contribution in [0.25, 0.3) is 10.4 Å². The molecule has 3 N–H and O–H groups in total. The summed E-state index contributed by atoms with van der Waals surface area (Å²) in [5.41, 5.74) is 16.7. The van der Waals surface area contributed by atoms with Gasteiger partial charge in [0.15, 0.2) is 11.6 Å². The molecule has 1 aliphatic heterocycles. The lowest BCUT2D eigenvalue weighted by Gasteiger charge is -2.31. The summed E-state index contributed by atoms with van der Waals surface area (Å²) < 4.78 is 27.3. The van der Waals surface area contributed by atoms with E-state index in [9.17, 15) is 9.18 Å². The van der Waals surface area contributed by atoms with Crippen molar-refractivity contribution in [2.24, 2.45) is 10.1 Å². The Balaban J connectivity index is 1.52. The van der Waals surface area contributed by atoms with Gasteiger partial charge in [0.1, 0.15) is 11.6 Å². The molecule has 0 saturated carbocycles. The number of benzene rings is 4. The fourth-order valence-corrected chi connectivity index (χ4v) is 5.62. The predicted octanol–water partition coefficient (Wildman–Crippen LogP) is 6.52. The highest BCUT2D eigenvalue weighted by Gasteiger charge is 2.53. The van der Waals surface area contributed by atoms with Crippen molar-refractivity contribution in [3.63, 3.8) is 0 Å². The van der Waals surface area contributed by atoms with Crippen LogP contribution in [-0.2, 0) is 28.9 Å². The number of aliphatic hydroxyl groups excluding tert-OH is 1. The Morgan fingerprint density at radius 3 is 2.43 bits per heavy atom. The van der Waals surface area contributed by atoms with Crippen LogP contribution in [-0.4, -0.2) is 42.2 Å². The first kappa shape index (κ1) is 33.6. The highest BCUT2D eigenvalue weighted by Crippen LogP contribution is 2.43. The number of ether oxygens (including phenoxy) is 2. The van der Waals surface area contributed by atoms with E-state index in [1.54, 1.807) is 30.3 Å². The molecule has 0 bridgehead atoms. The lowest BCUT2D eigenvalue weighted by molar-refractivity contribution is -0.130. The summed E-state index contributed by atoms with van der Waals surface area (Å²) in [4.78, 5) is 22.4. The number of nitrogens with one attached hydrogen (secondary N) is 2. The van der Waals surface area contributed by atoms with Gasteiger partial charge in [0.05, 0.1) is 13.2 Å². The van der Waals surface area contributed by atoms with Gasteiger partial charge in [0.2, 0.25) is 5.90 Å². The second kappa shape index (κ2) is 16.2. The van der Waals surface area contributed by atoms with Crippen molar-refractivity contribution in [1.82, 2.24) is 10.9 Å². The second-order valence-corrected chi connectivity index (χ2v) is 11.8. The molecule has 2 atom stereocenters. The van der Waals surface area contributed by atoms with Gasteiger partial charge in [0, 0.05) is 40.9 Å². The standard InChI is InChI=1S/C35H34BrFN6O4/c36-29-14-10-25(11-15-29)32-35(22-27-7-1-2-8-28(27)23-40-43-38,34(45)42-39-19-18-24-6-3-4-9-31(24)37)41-33(47-32)26-12-16-30(17-13-26)46-21-5-20-44/h1-4,6-17,32,39,44H,5,18-23H2,(H,42,45)/t32-,35-/m0/s1. The van der Waals surface area contributed by atoms with Crippen LogP contribution in [0.4, 0.5) is 4.39 Å². The van der Waals surface area contributed by atoms with E-state index in [2.05, 4.69) is 36.8 Å². The maximum atomic E-state index is 14.4. The third-order valence-corrected chi connectivity index (χ3v) is 8.29. The van der Waals surface area contributed by atoms with E-state index >= 15 is 0 Å². The zero-order valence-corrected chi connectivity index (χ0v) is 27.1. The van der Waals surface area contributed by atoms with Gasteiger partial charge in [0.25, 0.3) is 5.91 Å². The molecule has 1 amide bonds. The first-order chi connectivity index (χ1) is 22.9. The van der Waals surface area contributed by atoms with Crippen LogP contribution < -0.4 is 15.6 Å². The van der Waals surface area contributed by atoms with E-state index in [1.807, 2.05) is 60.7 Å². The quantitative estimate of drug-likeness (QED) is 0.0426. The van der Waals surface area contributed by atoms with E-state index in [1.165, 1.54) is 6.07 Å². The Morgan fingerprint density at radius 2 is 1.72 bits per heavy atom. The summed E-state index contributed by atoms with van der Waals surface area (Å²) in [6.45, 7) is 0.785. The van der Waals surface area contributed by atoms with Crippen molar-refractivity contribution in [2.75, 3.05) is 19.8 Å². The summed E-state index contributed by atoms with van der Waals surface area (Å²) >= 11 is 3.49. The number of hydrogen-bond donors (Lipinski definition) is 3. The van der Waals surface area contributed by atoms with E-state index < -0.39 is 17.6 Å². The number of aliphatic hydroxyl groups is 1. The fraction of sp³-hybridized carbons (Fsp3) is 0.257. The van der Waals surface area contributed by atoms with E-state index in [0.29, 0.717) is 36.3 Å². The number of amides is 1. The van der Waals surface area contributed by atoms with Gasteiger partial charge in [-0.1, -0.05) is 75.6 Å². The molecule has 0 unspecified atom stereocenters. The molecule has 0 aliphatic carbocycles. The lowest BCUT2D eigenvalue weighted by Crippen LogP contribution is -2.54. The van der Waals surface area contributed by atoms with Gasteiger partial charge < -0.3 is 14.6 Å². The summed E-state index contributed by atoms with van der Waals surface area (Å²) in [6.07, 6.45) is 0.145. The van der Waals surface area contributed by atoms with Crippen molar-refractivity contribution in [3.8, 4) is 5.75 Å². The number of hydrazine groups is 1. The predicted molar refractivity (Wildman–Crippen MR) is 180 cm³/mol. The maximum Gasteiger partial charge on any atom is 0.266 e. The van der Waals surface area contributed by atoms with Gasteiger partial charge in [-0.2, -0.15) is 0 Å². The number of carbonyl (C=O) groups excluding carboxylic acids is 1. The molecule has 1 aliphatic rings. The van der Waals surface area contributed by atoms with Crippen molar-refractivity contribution in [3.05, 3.63) is 146 Å². The smallest absolute Gasteiger partial charge is 0.266 e. The molecule has 242 valence electrons. The Bertz CT molecular complexity index is 1750. The third-order valence-electron chi connectivity index (χ3n) is 7.76. The van der Waals surface area contributed by atoms with Crippen LogP contribution in [0.5, 0.6) is 5.75 Å². The molecule has 47 heavy (non-hydrogen) atoms. The number of aliphatic imine (C=N–C) groups is 1. The number of azide groups is 1. The number of hydrogen-bond acceptors (Lipinski definition) is 7. The normalized spacial score (nSPS) is 16.9. The summed E-state index contributed by atoms with van der Waals surface area (Å²) in [5.74, 6) is 0.137. The lowest BCUT2D eigenvalue weighted by atomic mass is 9.81. The van der Waals surface area contributed by atoms with Crippen molar-refractivity contribution < 1.29 is 23.8 Å². The topological polar surface area (TPSA) is 141 Å². The summed E-state index contributed by atoms with van der Waals surface area (Å²) in [6, 6.07) is 28.6. The Hall–Kier alpha value is -4.74. The van der Waals surface area contributed by atoms with Crippen LogP contribution >= 0.6 is 15.9 Å². The number of nitrogens with zero attached hydrogens (tertiary/aromatic N) is 4. The van der Waals surface area contributed by atoms with Crippen LogP contribution in [0.1, 0.15) is 40.3 Å². The Morgan fingerprint density at radius 1 is 1.02 bits per heavy atom. The van der Waals surface area contributed by atoms with Crippen LogP contribution in [0.2, 0.25) is 0 Å². The van der Waals surface area contributed by atoms with Crippen molar-refractivity contribution in [2.45, 2.75) is 37.5 Å². The van der Waals surface area contributed by atoms with Gasteiger partial charge in [-0.15, -0.1) is 0 Å². The molecule has 10 nitrogen and oxygen atoms in total. The molecule has 0 saturated heterocycles. The molecule has 5 rings (SSSR count). The average molecular weight is 702 g/mol. The van der Waals surface area contributed by atoms with Gasteiger partial charge in [-0.25, -0.2) is 14.8 Å². The molecule has 0 radical (unpaired) electrons. The molecule has 4 aromatic rings. The zero-order valence-electron chi connectivity index (χ0n) is 25.5. The van der Waals surface area contributed by atoms with Gasteiger partial charge in [-0.05, 0) is 76.7 Å². The molecular formula is C35H34BrFN6O4. The van der Waals surface area contributed by atoms with Crippen LogP contribution in [0.15, 0.2) is 112 Å². The van der Waals surface area contributed by atoms with Gasteiger partial charge >= 0.3 is 0 Å². The fourth-order valence-electron chi connectivity index (χ4n) is 5.35. The minimum absolute atomic E-state index is 0.0360. The first-order valence-corrected chi connectivity index (χ1v) is 15.9. The summed E-state index contributed by atoms with van der Waals surface area (Å²) in [7, 11) is 0. The number of rotatable bonds is 15. The third kappa shape index (κ3) is 8.35. The average Bonchev–Trinajstić information content (AvgIpc) is 3.48. The highest BCUT2D eigenvalue weighted by molar-refractivity contribution is 9.10. The highest BCUT2D eigenvalue weighted by atomic mass is 79.9. The van der Waals surface area contributed by atoms with E-state index in [4.69, 9.17) is 25.1 Å². The first-order valence-electron chi connectivity index (χ1n) is 15.1. The monoisotopic (exact) mass is 700 g/mol. The van der Waals surface area contributed by atoms with Crippen molar-refractivity contribution in [1.29, 1.82) is 0 Å². The molecular weight excluding hydrogens is 667 g/mol. The van der Waals surface area contributed by atoms with Gasteiger partial charge in [-0.3, -0.25) is 10.2 Å². The second-order valence-electron chi connectivity index (χ2n) is 10.9. The molecule has 4 aromatic carbocycles. The molecule has 12 heteroatoms. The van der Waals surface area contributed by atoms with Crippen molar-refractivity contribution >= 4 is 27.7 Å². The number of carbonyl (C=O) groups is 1.